The van der Waals surface area contributed by atoms with Crippen molar-refractivity contribution in [1.82, 2.24) is 5.32 Å². The molecule has 0 saturated carbocycles. The highest BCUT2D eigenvalue weighted by atomic mass is 35.5. The first-order valence-electron chi connectivity index (χ1n) is 6.36. The van der Waals surface area contributed by atoms with Crippen LogP contribution in [0.5, 0.6) is 5.75 Å². The Balaban J connectivity index is 1.96. The first-order chi connectivity index (χ1) is 10.2. The summed E-state index contributed by atoms with van der Waals surface area (Å²) in [6, 6.07) is 14.2. The summed E-state index contributed by atoms with van der Waals surface area (Å²) < 4.78 is 5.20. The number of hydrogen-bond acceptors (Lipinski definition) is 2. The largest absolute Gasteiger partial charge is 0.495 e. The molecule has 0 aliphatic heterocycles. The number of methoxy groups -OCH3 is 1. The van der Waals surface area contributed by atoms with Crippen LogP contribution in [0.1, 0.15) is 15.9 Å². The average Bonchev–Trinajstić information content (AvgIpc) is 2.51. The maximum atomic E-state index is 11.9. The fourth-order valence-electron chi connectivity index (χ4n) is 1.74. The van der Waals surface area contributed by atoms with Gasteiger partial charge in [-0.15, -0.1) is 0 Å². The standard InChI is InChI=1S/C17H14ClNO2/c1-21-16-10-3-2-6-13(16)8-5-11-19-17(20)14-7-4-9-15(18)12-14/h2-4,6-7,9-10,12H,11H2,1H3,(H,19,20). The normalized spacial score (nSPS) is 9.43. The van der Waals surface area contributed by atoms with Crippen LogP contribution in [0.4, 0.5) is 0 Å². The van der Waals surface area contributed by atoms with E-state index in [1.807, 2.05) is 24.3 Å². The van der Waals surface area contributed by atoms with Crippen LogP contribution in [0.25, 0.3) is 0 Å². The van der Waals surface area contributed by atoms with Gasteiger partial charge in [-0.3, -0.25) is 4.79 Å². The molecule has 106 valence electrons. The number of para-hydroxylation sites is 1. The van der Waals surface area contributed by atoms with Crippen molar-refractivity contribution in [3.63, 3.8) is 0 Å². The van der Waals surface area contributed by atoms with Gasteiger partial charge in [0, 0.05) is 10.6 Å². The zero-order chi connectivity index (χ0) is 15.1. The minimum absolute atomic E-state index is 0.202. The van der Waals surface area contributed by atoms with E-state index in [0.29, 0.717) is 16.3 Å². The van der Waals surface area contributed by atoms with Gasteiger partial charge in [0.25, 0.3) is 5.91 Å². The molecule has 2 rings (SSSR count). The quantitative estimate of drug-likeness (QED) is 0.884. The Kier molecular flexibility index (Phi) is 5.25. The van der Waals surface area contributed by atoms with E-state index in [4.69, 9.17) is 16.3 Å². The summed E-state index contributed by atoms with van der Waals surface area (Å²) in [6.45, 7) is 0.253. The van der Waals surface area contributed by atoms with Crippen LogP contribution in [0.15, 0.2) is 48.5 Å². The summed E-state index contributed by atoms with van der Waals surface area (Å²) >= 11 is 5.84. The van der Waals surface area contributed by atoms with Gasteiger partial charge in [-0.25, -0.2) is 0 Å². The maximum Gasteiger partial charge on any atom is 0.252 e. The Morgan fingerprint density at radius 3 is 2.81 bits per heavy atom. The van der Waals surface area contributed by atoms with Crippen LogP contribution < -0.4 is 10.1 Å². The molecule has 0 spiro atoms. The first kappa shape index (κ1) is 15.0. The van der Waals surface area contributed by atoms with Crippen LogP contribution >= 0.6 is 11.6 Å². The Labute approximate surface area is 128 Å². The van der Waals surface area contributed by atoms with Crippen LogP contribution in [-0.2, 0) is 0 Å². The van der Waals surface area contributed by atoms with Gasteiger partial charge in [0.1, 0.15) is 5.75 Å². The van der Waals surface area contributed by atoms with Gasteiger partial charge in [0.2, 0.25) is 0 Å². The monoisotopic (exact) mass is 299 g/mol. The molecule has 0 bridgehead atoms. The van der Waals surface area contributed by atoms with E-state index in [1.165, 1.54) is 0 Å². The minimum Gasteiger partial charge on any atom is -0.495 e. The lowest BCUT2D eigenvalue weighted by Crippen LogP contribution is -2.23. The molecule has 0 aliphatic carbocycles. The van der Waals surface area contributed by atoms with E-state index < -0.39 is 0 Å². The van der Waals surface area contributed by atoms with Crippen LogP contribution in [-0.4, -0.2) is 19.6 Å². The zero-order valence-corrected chi connectivity index (χ0v) is 12.3. The van der Waals surface area contributed by atoms with Crippen molar-refractivity contribution in [2.75, 3.05) is 13.7 Å². The lowest BCUT2D eigenvalue weighted by atomic mass is 10.2. The van der Waals surface area contributed by atoms with Crippen LogP contribution in [0, 0.1) is 11.8 Å². The van der Waals surface area contributed by atoms with E-state index in [0.717, 1.165) is 5.56 Å². The van der Waals surface area contributed by atoms with Gasteiger partial charge in [-0.05, 0) is 30.3 Å². The third kappa shape index (κ3) is 4.27. The number of halogens is 1. The van der Waals surface area contributed by atoms with E-state index in [1.54, 1.807) is 31.4 Å². The number of rotatable bonds is 3. The predicted octanol–water partition coefficient (Wildman–Crippen LogP) is 3.13. The molecule has 21 heavy (non-hydrogen) atoms. The molecule has 3 nitrogen and oxygen atoms in total. The first-order valence-corrected chi connectivity index (χ1v) is 6.74. The van der Waals surface area contributed by atoms with Crippen molar-refractivity contribution in [3.8, 4) is 17.6 Å². The van der Waals surface area contributed by atoms with Gasteiger partial charge < -0.3 is 10.1 Å². The lowest BCUT2D eigenvalue weighted by molar-refractivity contribution is 0.0958. The number of benzene rings is 2. The molecule has 4 heteroatoms. The maximum absolute atomic E-state index is 11.9. The number of carbonyl (C=O) groups is 1. The van der Waals surface area contributed by atoms with Gasteiger partial charge >= 0.3 is 0 Å². The predicted molar refractivity (Wildman–Crippen MR) is 83.7 cm³/mol. The summed E-state index contributed by atoms with van der Waals surface area (Å²) in [6.07, 6.45) is 0. The number of carbonyl (C=O) groups excluding carboxylic acids is 1. The van der Waals surface area contributed by atoms with E-state index in [-0.39, 0.29) is 12.5 Å². The average molecular weight is 300 g/mol. The van der Waals surface area contributed by atoms with Crippen molar-refractivity contribution in [3.05, 3.63) is 64.7 Å². The Morgan fingerprint density at radius 1 is 1.24 bits per heavy atom. The molecule has 1 N–H and O–H groups in total. The molecule has 0 atom stereocenters. The molecule has 0 fully saturated rings. The van der Waals surface area contributed by atoms with Gasteiger partial charge in [0.15, 0.2) is 0 Å². The molecule has 0 aliphatic rings. The van der Waals surface area contributed by atoms with Crippen LogP contribution in [0.2, 0.25) is 5.02 Å². The van der Waals surface area contributed by atoms with E-state index in [2.05, 4.69) is 17.2 Å². The molecule has 0 saturated heterocycles. The molecule has 1 amide bonds. The third-order valence-corrected chi connectivity index (χ3v) is 2.99. The molecule has 0 aromatic heterocycles. The second-order valence-corrected chi connectivity index (χ2v) is 4.63. The minimum atomic E-state index is -0.202. The van der Waals surface area contributed by atoms with Gasteiger partial charge in [-0.2, -0.15) is 0 Å². The molecular formula is C17H14ClNO2. The Morgan fingerprint density at radius 2 is 2.05 bits per heavy atom. The van der Waals surface area contributed by atoms with E-state index >= 15 is 0 Å². The highest BCUT2D eigenvalue weighted by Gasteiger charge is 2.03. The summed E-state index contributed by atoms with van der Waals surface area (Å²) in [5.41, 5.74) is 1.30. The van der Waals surface area contributed by atoms with E-state index in [9.17, 15) is 4.79 Å². The van der Waals surface area contributed by atoms with Crippen molar-refractivity contribution in [1.29, 1.82) is 0 Å². The summed E-state index contributed by atoms with van der Waals surface area (Å²) in [5, 5.41) is 3.25. The zero-order valence-electron chi connectivity index (χ0n) is 11.5. The molecule has 0 radical (unpaired) electrons. The van der Waals surface area contributed by atoms with Gasteiger partial charge in [0.05, 0.1) is 19.2 Å². The molecular weight excluding hydrogens is 286 g/mol. The summed E-state index contributed by atoms with van der Waals surface area (Å²) in [5.74, 6) is 6.38. The number of hydrogen-bond donors (Lipinski definition) is 1. The second kappa shape index (κ2) is 7.37. The van der Waals surface area contributed by atoms with Crippen LogP contribution in [0.3, 0.4) is 0 Å². The summed E-state index contributed by atoms with van der Waals surface area (Å²) in [4.78, 5) is 11.9. The lowest BCUT2D eigenvalue weighted by Gasteiger charge is -2.02. The summed E-state index contributed by atoms with van der Waals surface area (Å²) in [7, 11) is 1.60. The fourth-order valence-corrected chi connectivity index (χ4v) is 1.93. The van der Waals surface area contributed by atoms with Crippen molar-refractivity contribution < 1.29 is 9.53 Å². The second-order valence-electron chi connectivity index (χ2n) is 4.20. The molecule has 2 aromatic carbocycles. The van der Waals surface area contributed by atoms with Gasteiger partial charge in [-0.1, -0.05) is 41.6 Å². The smallest absolute Gasteiger partial charge is 0.252 e. The molecule has 2 aromatic rings. The Bertz CT molecular complexity index is 701. The molecule has 0 unspecified atom stereocenters. The number of amides is 1. The van der Waals surface area contributed by atoms with Crippen molar-refractivity contribution in [2.45, 2.75) is 0 Å². The molecule has 0 heterocycles. The fraction of sp³-hybridized carbons (Fsp3) is 0.118. The number of ether oxygens (including phenoxy) is 1. The highest BCUT2D eigenvalue weighted by Crippen LogP contribution is 2.15. The topological polar surface area (TPSA) is 38.3 Å². The van der Waals surface area contributed by atoms with Crippen molar-refractivity contribution in [2.24, 2.45) is 0 Å². The SMILES string of the molecule is COc1ccccc1C#CCNC(=O)c1cccc(Cl)c1. The van der Waals surface area contributed by atoms with Crippen molar-refractivity contribution >= 4 is 17.5 Å². The highest BCUT2D eigenvalue weighted by molar-refractivity contribution is 6.30. The Hall–Kier alpha value is -2.44. The third-order valence-electron chi connectivity index (χ3n) is 2.75. The number of nitrogens with one attached hydrogen (secondary N) is 1.